The van der Waals surface area contributed by atoms with E-state index in [1.54, 1.807) is 0 Å². The van der Waals surface area contributed by atoms with Gasteiger partial charge in [-0.1, -0.05) is 13.8 Å². The molecule has 13 heavy (non-hydrogen) atoms. The van der Waals surface area contributed by atoms with Crippen molar-refractivity contribution in [3.63, 3.8) is 0 Å². The van der Waals surface area contributed by atoms with E-state index in [4.69, 9.17) is 10.8 Å². The Bertz CT molecular complexity index is 126. The number of nitrogens with two attached hydrogens (primary N) is 1. The molecule has 0 aromatic carbocycles. The van der Waals surface area contributed by atoms with Crippen LogP contribution in [0, 0.1) is 5.92 Å². The highest BCUT2D eigenvalue weighted by atomic mass is 16.3. The molecule has 0 saturated carbocycles. The van der Waals surface area contributed by atoms with Crippen molar-refractivity contribution in [2.75, 3.05) is 19.7 Å². The molecule has 0 saturated heterocycles. The average molecular weight is 188 g/mol. The van der Waals surface area contributed by atoms with E-state index in [2.05, 4.69) is 32.6 Å². The van der Waals surface area contributed by atoms with E-state index < -0.39 is 0 Å². The molecule has 1 atom stereocenters. The first-order valence-corrected chi connectivity index (χ1v) is 5.07. The smallest absolute Gasteiger partial charge is 0.0595 e. The van der Waals surface area contributed by atoms with Crippen LogP contribution in [0.3, 0.4) is 0 Å². The molecule has 3 N–H and O–H groups in total. The van der Waals surface area contributed by atoms with Crippen LogP contribution in [0.2, 0.25) is 0 Å². The van der Waals surface area contributed by atoms with Gasteiger partial charge in [-0.3, -0.25) is 4.90 Å². The lowest BCUT2D eigenvalue weighted by molar-refractivity contribution is 0.159. The Morgan fingerprint density at radius 3 is 2.00 bits per heavy atom. The lowest BCUT2D eigenvalue weighted by atomic mass is 10.1. The van der Waals surface area contributed by atoms with Gasteiger partial charge in [-0.2, -0.15) is 0 Å². The van der Waals surface area contributed by atoms with Crippen LogP contribution in [0.1, 0.15) is 27.7 Å². The Labute approximate surface area is 81.9 Å². The summed E-state index contributed by atoms with van der Waals surface area (Å²) >= 11 is 0. The highest BCUT2D eigenvalue weighted by Gasteiger charge is 2.14. The predicted molar refractivity (Wildman–Crippen MR) is 56.6 cm³/mol. The van der Waals surface area contributed by atoms with E-state index in [9.17, 15) is 0 Å². The van der Waals surface area contributed by atoms with E-state index in [-0.39, 0.29) is 12.6 Å². The SMILES string of the molecule is CC(C)CN(CC(N)CO)C(C)C. The molecule has 0 heterocycles. The highest BCUT2D eigenvalue weighted by molar-refractivity contribution is 4.71. The van der Waals surface area contributed by atoms with Gasteiger partial charge >= 0.3 is 0 Å². The fraction of sp³-hybridized carbons (Fsp3) is 1.00. The molecule has 0 aliphatic heterocycles. The summed E-state index contributed by atoms with van der Waals surface area (Å²) in [6.07, 6.45) is 0. The van der Waals surface area contributed by atoms with E-state index in [0.717, 1.165) is 13.1 Å². The number of aliphatic hydroxyl groups is 1. The summed E-state index contributed by atoms with van der Waals surface area (Å²) < 4.78 is 0. The monoisotopic (exact) mass is 188 g/mol. The van der Waals surface area contributed by atoms with E-state index >= 15 is 0 Å². The largest absolute Gasteiger partial charge is 0.395 e. The van der Waals surface area contributed by atoms with Gasteiger partial charge in [0.2, 0.25) is 0 Å². The first kappa shape index (κ1) is 12.9. The zero-order valence-electron chi connectivity index (χ0n) is 9.33. The second kappa shape index (κ2) is 6.35. The summed E-state index contributed by atoms with van der Waals surface area (Å²) in [6.45, 7) is 10.6. The third kappa shape index (κ3) is 6.02. The van der Waals surface area contributed by atoms with Crippen molar-refractivity contribution in [3.8, 4) is 0 Å². The summed E-state index contributed by atoms with van der Waals surface area (Å²) in [7, 11) is 0. The maximum Gasteiger partial charge on any atom is 0.0595 e. The van der Waals surface area contributed by atoms with Crippen LogP contribution in [0.25, 0.3) is 0 Å². The van der Waals surface area contributed by atoms with Crippen molar-refractivity contribution in [2.24, 2.45) is 11.7 Å². The minimum atomic E-state index is -0.110. The van der Waals surface area contributed by atoms with Crippen LogP contribution in [0.4, 0.5) is 0 Å². The Kier molecular flexibility index (Phi) is 6.29. The van der Waals surface area contributed by atoms with Gasteiger partial charge in [0.25, 0.3) is 0 Å². The molecule has 0 spiro atoms. The second-order valence-electron chi connectivity index (χ2n) is 4.38. The minimum absolute atomic E-state index is 0.0707. The van der Waals surface area contributed by atoms with Gasteiger partial charge in [-0.05, 0) is 19.8 Å². The molecule has 0 bridgehead atoms. The fourth-order valence-corrected chi connectivity index (χ4v) is 1.32. The zero-order chi connectivity index (χ0) is 10.4. The van der Waals surface area contributed by atoms with Gasteiger partial charge in [0.15, 0.2) is 0 Å². The normalized spacial score (nSPS) is 14.5. The zero-order valence-corrected chi connectivity index (χ0v) is 9.33. The van der Waals surface area contributed by atoms with Crippen molar-refractivity contribution in [3.05, 3.63) is 0 Å². The molecule has 0 aromatic heterocycles. The van der Waals surface area contributed by atoms with Crippen LogP contribution in [-0.4, -0.2) is 41.8 Å². The number of nitrogens with zero attached hydrogens (tertiary/aromatic N) is 1. The van der Waals surface area contributed by atoms with E-state index in [0.29, 0.717) is 12.0 Å². The molecule has 3 heteroatoms. The third-order valence-corrected chi connectivity index (χ3v) is 2.03. The van der Waals surface area contributed by atoms with Crippen LogP contribution < -0.4 is 5.73 Å². The highest BCUT2D eigenvalue weighted by Crippen LogP contribution is 2.04. The van der Waals surface area contributed by atoms with Gasteiger partial charge in [-0.25, -0.2) is 0 Å². The van der Waals surface area contributed by atoms with Crippen molar-refractivity contribution in [1.29, 1.82) is 0 Å². The van der Waals surface area contributed by atoms with Crippen molar-refractivity contribution < 1.29 is 5.11 Å². The average Bonchev–Trinajstić information content (AvgIpc) is 2.02. The topological polar surface area (TPSA) is 49.5 Å². The molecule has 0 amide bonds. The lowest BCUT2D eigenvalue weighted by Gasteiger charge is -2.30. The number of aliphatic hydroxyl groups excluding tert-OH is 1. The second-order valence-corrected chi connectivity index (χ2v) is 4.38. The summed E-state index contributed by atoms with van der Waals surface area (Å²) in [6, 6.07) is 0.390. The molecular weight excluding hydrogens is 164 g/mol. The lowest BCUT2D eigenvalue weighted by Crippen LogP contribution is -2.44. The van der Waals surface area contributed by atoms with Gasteiger partial charge < -0.3 is 10.8 Å². The molecule has 0 fully saturated rings. The molecule has 0 aromatic rings. The van der Waals surface area contributed by atoms with E-state index in [1.807, 2.05) is 0 Å². The molecule has 0 aliphatic rings. The van der Waals surface area contributed by atoms with E-state index in [1.165, 1.54) is 0 Å². The number of hydrogen-bond acceptors (Lipinski definition) is 3. The van der Waals surface area contributed by atoms with Crippen LogP contribution in [-0.2, 0) is 0 Å². The van der Waals surface area contributed by atoms with Crippen molar-refractivity contribution in [2.45, 2.75) is 39.8 Å². The predicted octanol–water partition coefficient (Wildman–Crippen LogP) is 0.672. The van der Waals surface area contributed by atoms with Crippen molar-refractivity contribution in [1.82, 2.24) is 4.90 Å². The first-order valence-electron chi connectivity index (χ1n) is 5.07. The molecule has 0 rings (SSSR count). The molecule has 0 aliphatic carbocycles. The van der Waals surface area contributed by atoms with Crippen LogP contribution in [0.5, 0.6) is 0 Å². The Balaban J connectivity index is 3.94. The maximum absolute atomic E-state index is 8.85. The Morgan fingerprint density at radius 1 is 1.15 bits per heavy atom. The number of rotatable bonds is 6. The van der Waals surface area contributed by atoms with Crippen molar-refractivity contribution >= 4 is 0 Å². The molecule has 80 valence electrons. The third-order valence-electron chi connectivity index (χ3n) is 2.03. The van der Waals surface area contributed by atoms with Crippen LogP contribution >= 0.6 is 0 Å². The molecule has 0 radical (unpaired) electrons. The van der Waals surface area contributed by atoms with Crippen LogP contribution in [0.15, 0.2) is 0 Å². The van der Waals surface area contributed by atoms with Gasteiger partial charge in [-0.15, -0.1) is 0 Å². The summed E-state index contributed by atoms with van der Waals surface area (Å²) in [5.41, 5.74) is 5.70. The Morgan fingerprint density at radius 2 is 1.69 bits per heavy atom. The number of hydrogen-bond donors (Lipinski definition) is 2. The standard InChI is InChI=1S/C10H24N2O/c1-8(2)5-12(9(3)4)6-10(11)7-13/h8-10,13H,5-7,11H2,1-4H3. The fourth-order valence-electron chi connectivity index (χ4n) is 1.32. The molecule has 1 unspecified atom stereocenters. The molecular formula is C10H24N2O. The Hall–Kier alpha value is -0.120. The van der Waals surface area contributed by atoms with Gasteiger partial charge in [0.1, 0.15) is 0 Å². The molecule has 3 nitrogen and oxygen atoms in total. The van der Waals surface area contributed by atoms with Gasteiger partial charge in [0, 0.05) is 25.2 Å². The summed E-state index contributed by atoms with van der Waals surface area (Å²) in [5, 5.41) is 8.85. The van der Waals surface area contributed by atoms with Gasteiger partial charge in [0.05, 0.1) is 6.61 Å². The maximum atomic E-state index is 8.85. The minimum Gasteiger partial charge on any atom is -0.395 e. The first-order chi connectivity index (χ1) is 5.97. The quantitative estimate of drug-likeness (QED) is 0.644. The summed E-state index contributed by atoms with van der Waals surface area (Å²) in [5.74, 6) is 0.647. The summed E-state index contributed by atoms with van der Waals surface area (Å²) in [4.78, 5) is 2.31.